The van der Waals surface area contributed by atoms with Crippen molar-refractivity contribution in [2.45, 2.75) is 38.6 Å². The summed E-state index contributed by atoms with van der Waals surface area (Å²) < 4.78 is 0. The second kappa shape index (κ2) is 7.20. The third-order valence-corrected chi connectivity index (χ3v) is 5.41. The van der Waals surface area contributed by atoms with Crippen LogP contribution in [-0.2, 0) is 4.79 Å². The molecule has 5 nitrogen and oxygen atoms in total. The van der Waals surface area contributed by atoms with E-state index in [9.17, 15) is 9.59 Å². The normalized spacial score (nSPS) is 31.4. The Balaban J connectivity index is 1.78. The predicted molar refractivity (Wildman–Crippen MR) is 80.0 cm³/mol. The van der Waals surface area contributed by atoms with Gasteiger partial charge in [0, 0.05) is 24.9 Å². The lowest BCUT2D eigenvalue weighted by Crippen LogP contribution is -2.47. The summed E-state index contributed by atoms with van der Waals surface area (Å²) in [6, 6.07) is 0.169. The van der Waals surface area contributed by atoms with Crippen LogP contribution >= 0.6 is 11.8 Å². The third-order valence-electron chi connectivity index (χ3n) is 4.13. The van der Waals surface area contributed by atoms with Crippen molar-refractivity contribution in [3.8, 4) is 0 Å². The second-order valence-electron chi connectivity index (χ2n) is 5.96. The molecule has 20 heavy (non-hydrogen) atoms. The summed E-state index contributed by atoms with van der Waals surface area (Å²) >= 11 is 1.91. The Hall–Kier alpha value is -0.910. The summed E-state index contributed by atoms with van der Waals surface area (Å²) in [5, 5.41) is 12.1. The van der Waals surface area contributed by atoms with Gasteiger partial charge in [-0.25, -0.2) is 4.79 Å². The highest BCUT2D eigenvalue weighted by Gasteiger charge is 2.28. The molecule has 1 aliphatic carbocycles. The van der Waals surface area contributed by atoms with Crippen LogP contribution in [0.5, 0.6) is 0 Å². The topological polar surface area (TPSA) is 69.6 Å². The molecule has 2 rings (SSSR count). The molecule has 1 atom stereocenters. The van der Waals surface area contributed by atoms with E-state index in [0.717, 1.165) is 37.4 Å². The standard InChI is InChI=1S/C14H24N2O3S/c1-10-8-16(6-7-20-9-10)14(19)15-12-4-2-11(3-5-12)13(17)18/h10-12H,2-9H2,1H3,(H,15,19)(H,17,18). The molecule has 2 amide bonds. The number of urea groups is 1. The first-order valence-corrected chi connectivity index (χ1v) is 8.57. The molecular formula is C14H24N2O3S. The van der Waals surface area contributed by atoms with E-state index in [1.54, 1.807) is 0 Å². The van der Waals surface area contributed by atoms with Crippen LogP contribution < -0.4 is 5.32 Å². The van der Waals surface area contributed by atoms with Crippen LogP contribution in [0.4, 0.5) is 4.79 Å². The van der Waals surface area contributed by atoms with Crippen molar-refractivity contribution in [3.63, 3.8) is 0 Å². The number of hydrogen-bond donors (Lipinski definition) is 2. The fourth-order valence-electron chi connectivity index (χ4n) is 2.91. The first kappa shape index (κ1) is 15.5. The summed E-state index contributed by atoms with van der Waals surface area (Å²) in [6.07, 6.45) is 2.90. The minimum absolute atomic E-state index is 0.0260. The van der Waals surface area contributed by atoms with E-state index in [1.165, 1.54) is 0 Å². The zero-order chi connectivity index (χ0) is 14.5. The van der Waals surface area contributed by atoms with Gasteiger partial charge in [0.2, 0.25) is 0 Å². The maximum absolute atomic E-state index is 12.3. The van der Waals surface area contributed by atoms with Crippen molar-refractivity contribution in [1.82, 2.24) is 10.2 Å². The quantitative estimate of drug-likeness (QED) is 0.818. The highest BCUT2D eigenvalue weighted by Crippen LogP contribution is 2.24. The lowest BCUT2D eigenvalue weighted by molar-refractivity contribution is -0.142. The van der Waals surface area contributed by atoms with Crippen LogP contribution in [-0.4, -0.2) is 52.6 Å². The Morgan fingerprint density at radius 1 is 1.25 bits per heavy atom. The van der Waals surface area contributed by atoms with Gasteiger partial charge in [0.1, 0.15) is 0 Å². The molecule has 2 aliphatic rings. The largest absolute Gasteiger partial charge is 0.481 e. The summed E-state index contributed by atoms with van der Waals surface area (Å²) in [5.74, 6) is 1.73. The highest BCUT2D eigenvalue weighted by molar-refractivity contribution is 7.99. The Bertz CT molecular complexity index is 356. The number of hydrogen-bond acceptors (Lipinski definition) is 3. The van der Waals surface area contributed by atoms with Crippen LogP contribution in [0, 0.1) is 11.8 Å². The Labute approximate surface area is 124 Å². The van der Waals surface area contributed by atoms with E-state index < -0.39 is 5.97 Å². The summed E-state index contributed by atoms with van der Waals surface area (Å²) in [7, 11) is 0. The molecule has 0 spiro atoms. The maximum Gasteiger partial charge on any atom is 0.317 e. The monoisotopic (exact) mass is 300 g/mol. The second-order valence-corrected chi connectivity index (χ2v) is 7.11. The molecule has 0 radical (unpaired) electrons. The molecule has 1 heterocycles. The number of carboxylic acids is 1. The molecular weight excluding hydrogens is 276 g/mol. The van der Waals surface area contributed by atoms with Gasteiger partial charge >= 0.3 is 12.0 Å². The summed E-state index contributed by atoms with van der Waals surface area (Å²) in [5.41, 5.74) is 0. The number of amides is 2. The fraction of sp³-hybridized carbons (Fsp3) is 0.857. The van der Waals surface area contributed by atoms with E-state index in [4.69, 9.17) is 5.11 Å². The van der Waals surface area contributed by atoms with E-state index in [1.807, 2.05) is 16.7 Å². The molecule has 1 saturated carbocycles. The van der Waals surface area contributed by atoms with Gasteiger partial charge in [-0.15, -0.1) is 0 Å². The fourth-order valence-corrected chi connectivity index (χ4v) is 3.94. The van der Waals surface area contributed by atoms with Gasteiger partial charge in [0.15, 0.2) is 0 Å². The minimum atomic E-state index is -0.701. The van der Waals surface area contributed by atoms with Crippen molar-refractivity contribution in [3.05, 3.63) is 0 Å². The van der Waals surface area contributed by atoms with Crippen LogP contribution in [0.1, 0.15) is 32.6 Å². The number of rotatable bonds is 2. The van der Waals surface area contributed by atoms with E-state index in [-0.39, 0.29) is 18.0 Å². The first-order valence-electron chi connectivity index (χ1n) is 7.42. The van der Waals surface area contributed by atoms with E-state index in [2.05, 4.69) is 12.2 Å². The lowest BCUT2D eigenvalue weighted by Gasteiger charge is -2.30. The predicted octanol–water partition coefficient (Wildman–Crippen LogP) is 2.02. The Morgan fingerprint density at radius 2 is 1.95 bits per heavy atom. The molecule has 1 unspecified atom stereocenters. The van der Waals surface area contributed by atoms with Gasteiger partial charge < -0.3 is 15.3 Å². The third kappa shape index (κ3) is 4.30. The van der Waals surface area contributed by atoms with Crippen molar-refractivity contribution in [2.75, 3.05) is 24.6 Å². The maximum atomic E-state index is 12.3. The van der Waals surface area contributed by atoms with Gasteiger partial charge in [0.25, 0.3) is 0 Å². The van der Waals surface area contributed by atoms with Gasteiger partial charge in [-0.1, -0.05) is 6.92 Å². The molecule has 1 aliphatic heterocycles. The number of thioether (sulfide) groups is 1. The Morgan fingerprint density at radius 3 is 2.60 bits per heavy atom. The molecule has 0 aromatic carbocycles. The average Bonchev–Trinajstić information content (AvgIpc) is 2.64. The van der Waals surface area contributed by atoms with Gasteiger partial charge in [0.05, 0.1) is 5.92 Å². The number of carbonyl (C=O) groups is 2. The SMILES string of the molecule is CC1CSCCN(C(=O)NC2CCC(C(=O)O)CC2)C1. The highest BCUT2D eigenvalue weighted by atomic mass is 32.2. The van der Waals surface area contributed by atoms with Crippen LogP contribution in [0.2, 0.25) is 0 Å². The number of carboxylic acid groups (broad SMARTS) is 1. The van der Waals surface area contributed by atoms with Crippen molar-refractivity contribution >= 4 is 23.8 Å². The number of aliphatic carboxylic acids is 1. The van der Waals surface area contributed by atoms with E-state index in [0.29, 0.717) is 18.8 Å². The molecule has 2 fully saturated rings. The molecule has 6 heteroatoms. The molecule has 1 saturated heterocycles. The van der Waals surface area contributed by atoms with Crippen LogP contribution in [0.25, 0.3) is 0 Å². The lowest BCUT2D eigenvalue weighted by atomic mass is 9.86. The van der Waals surface area contributed by atoms with Crippen LogP contribution in [0.3, 0.4) is 0 Å². The minimum Gasteiger partial charge on any atom is -0.481 e. The number of nitrogens with zero attached hydrogens (tertiary/aromatic N) is 1. The average molecular weight is 300 g/mol. The zero-order valence-corrected chi connectivity index (χ0v) is 12.8. The summed E-state index contributed by atoms with van der Waals surface area (Å²) in [6.45, 7) is 3.81. The van der Waals surface area contributed by atoms with Crippen LogP contribution in [0.15, 0.2) is 0 Å². The smallest absolute Gasteiger partial charge is 0.317 e. The molecule has 114 valence electrons. The molecule has 2 N–H and O–H groups in total. The Kier molecular flexibility index (Phi) is 5.57. The molecule has 0 aromatic rings. The molecule has 0 aromatic heterocycles. The van der Waals surface area contributed by atoms with Gasteiger partial charge in [-0.05, 0) is 37.4 Å². The van der Waals surface area contributed by atoms with Gasteiger partial charge in [-0.2, -0.15) is 11.8 Å². The first-order chi connectivity index (χ1) is 9.56. The molecule has 0 bridgehead atoms. The van der Waals surface area contributed by atoms with E-state index >= 15 is 0 Å². The number of carbonyl (C=O) groups excluding carboxylic acids is 1. The zero-order valence-electron chi connectivity index (χ0n) is 12.0. The van der Waals surface area contributed by atoms with Crippen molar-refractivity contribution in [2.24, 2.45) is 11.8 Å². The number of nitrogens with one attached hydrogen (secondary N) is 1. The van der Waals surface area contributed by atoms with Gasteiger partial charge in [-0.3, -0.25) is 4.79 Å². The summed E-state index contributed by atoms with van der Waals surface area (Å²) in [4.78, 5) is 25.1. The van der Waals surface area contributed by atoms with Crippen molar-refractivity contribution < 1.29 is 14.7 Å². The van der Waals surface area contributed by atoms with Crippen molar-refractivity contribution in [1.29, 1.82) is 0 Å².